The van der Waals surface area contributed by atoms with Crippen LogP contribution in [0.25, 0.3) is 0 Å². The zero-order chi connectivity index (χ0) is 57.8. The number of amides is 1. The first-order valence-electron chi connectivity index (χ1n) is 36.6. The number of esters is 1. The molecule has 0 aliphatic rings. The van der Waals surface area contributed by atoms with Gasteiger partial charge in [-0.1, -0.05) is 366 Å². The summed E-state index contributed by atoms with van der Waals surface area (Å²) in [7, 11) is 0. The molecule has 0 spiro atoms. The molecule has 3 N–H and O–H groups in total. The average molecular weight is 1130 g/mol. The van der Waals surface area contributed by atoms with Crippen molar-refractivity contribution < 1.29 is 24.5 Å². The van der Waals surface area contributed by atoms with Crippen molar-refractivity contribution >= 4 is 11.9 Å². The highest BCUT2D eigenvalue weighted by molar-refractivity contribution is 5.76. The maximum absolute atomic E-state index is 12.5. The van der Waals surface area contributed by atoms with Crippen LogP contribution in [0.4, 0.5) is 0 Å². The van der Waals surface area contributed by atoms with Crippen LogP contribution in [0.15, 0.2) is 24.3 Å². The van der Waals surface area contributed by atoms with Crippen molar-refractivity contribution in [1.82, 2.24) is 5.32 Å². The van der Waals surface area contributed by atoms with E-state index in [0.717, 1.165) is 38.5 Å². The van der Waals surface area contributed by atoms with E-state index in [1.165, 1.54) is 347 Å². The number of aliphatic hydroxyl groups excluding tert-OH is 2. The number of aliphatic hydroxyl groups is 2. The Balaban J connectivity index is 3.35. The van der Waals surface area contributed by atoms with Gasteiger partial charge in [0.15, 0.2) is 0 Å². The Morgan fingerprint density at radius 1 is 0.338 bits per heavy atom. The van der Waals surface area contributed by atoms with Crippen molar-refractivity contribution in [2.75, 3.05) is 13.2 Å². The van der Waals surface area contributed by atoms with Crippen molar-refractivity contribution in [2.45, 2.75) is 424 Å². The topological polar surface area (TPSA) is 95.9 Å². The maximum atomic E-state index is 12.5. The molecule has 0 aromatic rings. The van der Waals surface area contributed by atoms with Crippen LogP contribution >= 0.6 is 0 Å². The first-order chi connectivity index (χ1) is 39.5. The van der Waals surface area contributed by atoms with Gasteiger partial charge >= 0.3 is 5.97 Å². The molecule has 0 saturated heterocycles. The molecule has 0 rings (SSSR count). The smallest absolute Gasteiger partial charge is 0.305 e. The van der Waals surface area contributed by atoms with E-state index in [-0.39, 0.29) is 18.5 Å². The van der Waals surface area contributed by atoms with Crippen LogP contribution in [-0.4, -0.2) is 47.4 Å². The van der Waals surface area contributed by atoms with Crippen LogP contribution in [0.1, 0.15) is 412 Å². The van der Waals surface area contributed by atoms with Crippen molar-refractivity contribution in [2.24, 2.45) is 0 Å². The van der Waals surface area contributed by atoms with Gasteiger partial charge in [-0.2, -0.15) is 0 Å². The van der Waals surface area contributed by atoms with E-state index in [1.54, 1.807) is 6.08 Å². The monoisotopic (exact) mass is 1130 g/mol. The average Bonchev–Trinajstić information content (AvgIpc) is 3.46. The van der Waals surface area contributed by atoms with Crippen molar-refractivity contribution in [3.8, 4) is 0 Å². The molecule has 80 heavy (non-hydrogen) atoms. The number of carbonyl (C=O) groups is 2. The van der Waals surface area contributed by atoms with Gasteiger partial charge < -0.3 is 20.3 Å². The minimum absolute atomic E-state index is 0.0214. The number of hydrogen-bond donors (Lipinski definition) is 3. The number of hydrogen-bond acceptors (Lipinski definition) is 5. The number of nitrogens with one attached hydrogen (secondary N) is 1. The second kappa shape index (κ2) is 69.8. The molecule has 0 radical (unpaired) electrons. The third kappa shape index (κ3) is 65.5. The minimum Gasteiger partial charge on any atom is -0.466 e. The Morgan fingerprint density at radius 3 is 0.887 bits per heavy atom. The lowest BCUT2D eigenvalue weighted by molar-refractivity contribution is -0.143. The van der Waals surface area contributed by atoms with E-state index in [2.05, 4.69) is 31.3 Å². The Morgan fingerprint density at radius 2 is 0.588 bits per heavy atom. The molecule has 0 aliphatic heterocycles. The van der Waals surface area contributed by atoms with E-state index in [1.807, 2.05) is 6.08 Å². The fraction of sp³-hybridized carbons (Fsp3) is 0.919. The lowest BCUT2D eigenvalue weighted by Crippen LogP contribution is -2.45. The van der Waals surface area contributed by atoms with E-state index in [4.69, 9.17) is 4.74 Å². The highest BCUT2D eigenvalue weighted by Gasteiger charge is 2.18. The van der Waals surface area contributed by atoms with Crippen LogP contribution in [0, 0.1) is 0 Å². The summed E-state index contributed by atoms with van der Waals surface area (Å²) in [5.74, 6) is -0.0404. The summed E-state index contributed by atoms with van der Waals surface area (Å²) in [6.07, 6.45) is 88.5. The number of rotatable bonds is 69. The number of carbonyl (C=O) groups excluding carboxylic acids is 2. The Labute approximate surface area is 501 Å². The lowest BCUT2D eigenvalue weighted by atomic mass is 10.0. The number of unbranched alkanes of at least 4 members (excludes halogenated alkanes) is 56. The second-order valence-electron chi connectivity index (χ2n) is 25.3. The van der Waals surface area contributed by atoms with Gasteiger partial charge in [-0.3, -0.25) is 9.59 Å². The predicted molar refractivity (Wildman–Crippen MR) is 352 cm³/mol. The highest BCUT2D eigenvalue weighted by atomic mass is 16.5. The molecule has 6 heteroatoms. The lowest BCUT2D eigenvalue weighted by Gasteiger charge is -2.20. The van der Waals surface area contributed by atoms with Crippen molar-refractivity contribution in [3.05, 3.63) is 24.3 Å². The summed E-state index contributed by atoms with van der Waals surface area (Å²) in [5.41, 5.74) is 0. The molecule has 0 bridgehead atoms. The zero-order valence-corrected chi connectivity index (χ0v) is 54.3. The van der Waals surface area contributed by atoms with Gasteiger partial charge in [-0.05, 0) is 57.8 Å². The van der Waals surface area contributed by atoms with Gasteiger partial charge in [-0.25, -0.2) is 0 Å². The predicted octanol–water partition coefficient (Wildman–Crippen LogP) is 23.7. The minimum atomic E-state index is -0.842. The standard InChI is InChI=1S/C74H143NO5/c1-3-5-7-9-11-13-15-17-19-39-42-46-50-54-58-62-66-72(77)71(70-76)75-73(78)67-63-59-55-51-47-43-40-37-35-33-31-29-27-25-23-21-20-22-24-26-28-30-32-34-36-38-41-45-49-53-57-61-65-69-80-74(79)68-64-60-56-52-48-44-18-16-14-12-10-8-6-4-2/h24,26,62,66,71-72,76-77H,3-23,25,27-61,63-65,67-70H2,1-2H3,(H,75,78)/b26-24-,66-62+. The fourth-order valence-electron chi connectivity index (χ4n) is 11.6. The third-order valence-electron chi connectivity index (χ3n) is 17.2. The molecule has 0 aromatic carbocycles. The van der Waals surface area contributed by atoms with E-state index in [0.29, 0.717) is 19.4 Å². The highest BCUT2D eigenvalue weighted by Crippen LogP contribution is 2.19. The molecule has 0 aromatic heterocycles. The summed E-state index contributed by atoms with van der Waals surface area (Å²) >= 11 is 0. The SMILES string of the molecule is CCCCCCCCCCCCCCCC/C=C/C(O)C(CO)NC(=O)CCCCCCCCCCCCCCCCCCC/C=C\CCCCCCCCCCCCCCOC(=O)CCCCCCCCCCCCCCCC. The zero-order valence-electron chi connectivity index (χ0n) is 54.3. The summed E-state index contributed by atoms with van der Waals surface area (Å²) in [4.78, 5) is 24.6. The van der Waals surface area contributed by atoms with E-state index in [9.17, 15) is 19.8 Å². The van der Waals surface area contributed by atoms with Crippen molar-refractivity contribution in [1.29, 1.82) is 0 Å². The second-order valence-corrected chi connectivity index (χ2v) is 25.3. The van der Waals surface area contributed by atoms with Crippen molar-refractivity contribution in [3.63, 3.8) is 0 Å². The van der Waals surface area contributed by atoms with Gasteiger partial charge in [0, 0.05) is 12.8 Å². The number of allylic oxidation sites excluding steroid dienone is 3. The Hall–Kier alpha value is -1.66. The third-order valence-corrected chi connectivity index (χ3v) is 17.2. The van der Waals surface area contributed by atoms with Crippen LogP contribution in [0.5, 0.6) is 0 Å². The molecule has 474 valence electrons. The van der Waals surface area contributed by atoms with Crippen LogP contribution < -0.4 is 5.32 Å². The number of ether oxygens (including phenoxy) is 1. The Bertz CT molecular complexity index is 1250. The molecular formula is C74H143NO5. The van der Waals surface area contributed by atoms with Gasteiger partial charge in [0.2, 0.25) is 5.91 Å². The Kier molecular flexibility index (Phi) is 68.4. The molecule has 0 aliphatic carbocycles. The molecule has 1 amide bonds. The summed E-state index contributed by atoms with van der Waals surface area (Å²) < 4.78 is 5.50. The fourth-order valence-corrected chi connectivity index (χ4v) is 11.6. The summed E-state index contributed by atoms with van der Waals surface area (Å²) in [6.45, 7) is 4.94. The van der Waals surface area contributed by atoms with Gasteiger partial charge in [0.25, 0.3) is 0 Å². The van der Waals surface area contributed by atoms with Crippen LogP contribution in [0.2, 0.25) is 0 Å². The first-order valence-corrected chi connectivity index (χ1v) is 36.6. The normalized spacial score (nSPS) is 12.6. The molecule has 0 saturated carbocycles. The quantitative estimate of drug-likeness (QED) is 0.0320. The van der Waals surface area contributed by atoms with Gasteiger partial charge in [0.05, 0.1) is 25.4 Å². The molecular weight excluding hydrogens is 983 g/mol. The largest absolute Gasteiger partial charge is 0.466 e. The summed E-state index contributed by atoms with van der Waals surface area (Å²) in [5, 5.41) is 23.2. The van der Waals surface area contributed by atoms with Gasteiger partial charge in [-0.15, -0.1) is 0 Å². The first kappa shape index (κ1) is 78.3. The van der Waals surface area contributed by atoms with Crippen LogP contribution in [-0.2, 0) is 14.3 Å². The van der Waals surface area contributed by atoms with Gasteiger partial charge in [0.1, 0.15) is 0 Å². The maximum Gasteiger partial charge on any atom is 0.305 e. The molecule has 6 nitrogen and oxygen atoms in total. The molecule has 2 atom stereocenters. The summed E-state index contributed by atoms with van der Waals surface area (Å²) in [6, 6.07) is -0.625. The van der Waals surface area contributed by atoms with Crippen LogP contribution in [0.3, 0.4) is 0 Å². The molecule has 0 fully saturated rings. The molecule has 0 heterocycles. The molecule has 2 unspecified atom stereocenters. The van der Waals surface area contributed by atoms with E-state index >= 15 is 0 Å². The van der Waals surface area contributed by atoms with E-state index < -0.39 is 12.1 Å².